The Morgan fingerprint density at radius 2 is 0.917 bits per heavy atom. The van der Waals surface area contributed by atoms with Crippen molar-refractivity contribution in [3.8, 4) is 40.1 Å². The Balaban J connectivity index is 1.21. The molecule has 14 rings (SSSR count). The summed E-state index contributed by atoms with van der Waals surface area (Å²) in [6.45, 7) is 0.00192. The number of rotatable bonds is 3. The minimum absolute atomic E-state index is 0.00192. The molecule has 0 N–H and O–H groups in total. The first-order valence-corrected chi connectivity index (χ1v) is 20.9. The summed E-state index contributed by atoms with van der Waals surface area (Å²) in [5.74, 6) is 3.41. The van der Waals surface area contributed by atoms with Crippen LogP contribution in [0, 0.1) is 0 Å². The van der Waals surface area contributed by atoms with Crippen LogP contribution in [0.3, 0.4) is 0 Å². The summed E-state index contributed by atoms with van der Waals surface area (Å²) in [7, 11) is 0. The zero-order valence-electron chi connectivity index (χ0n) is 32.5. The second kappa shape index (κ2) is 11.9. The third-order valence-electron chi connectivity index (χ3n) is 13.2. The van der Waals surface area contributed by atoms with Crippen molar-refractivity contribution >= 4 is 83.7 Å². The number of hydrogen-bond donors (Lipinski definition) is 0. The summed E-state index contributed by atoms with van der Waals surface area (Å²) in [6.07, 6.45) is 6.67. The second-order valence-corrected chi connectivity index (χ2v) is 16.3. The molecule has 0 saturated heterocycles. The average molecular weight is 768 g/mol. The molecule has 0 fully saturated rings. The van der Waals surface area contributed by atoms with Gasteiger partial charge in [0.1, 0.15) is 23.0 Å². The maximum absolute atomic E-state index is 6.92. The van der Waals surface area contributed by atoms with E-state index < -0.39 is 0 Å². The Morgan fingerprint density at radius 3 is 1.53 bits per heavy atom. The van der Waals surface area contributed by atoms with E-state index in [4.69, 9.17) is 9.47 Å². The minimum Gasteiger partial charge on any atom is -0.458 e. The van der Waals surface area contributed by atoms with Crippen molar-refractivity contribution in [2.24, 2.45) is 0 Å². The quantitative estimate of drug-likeness (QED) is 0.168. The van der Waals surface area contributed by atoms with Crippen LogP contribution in [0.5, 0.6) is 23.0 Å². The normalized spacial score (nSPS) is 13.7. The minimum atomic E-state index is 0.00192. The van der Waals surface area contributed by atoms with Crippen LogP contribution in [-0.2, 0) is 6.42 Å². The highest BCUT2D eigenvalue weighted by Crippen LogP contribution is 2.51. The third kappa shape index (κ3) is 4.17. The molecule has 6 heteroatoms. The van der Waals surface area contributed by atoms with Gasteiger partial charge in [-0.15, -0.1) is 0 Å². The molecule has 0 amide bonds. The number of ether oxygens (including phenoxy) is 2. The van der Waals surface area contributed by atoms with Gasteiger partial charge >= 0.3 is 0 Å². The molecule has 1 aliphatic carbocycles. The van der Waals surface area contributed by atoms with E-state index in [0.29, 0.717) is 0 Å². The van der Waals surface area contributed by atoms with Crippen LogP contribution in [0.4, 0.5) is 0 Å². The summed E-state index contributed by atoms with van der Waals surface area (Å²) >= 11 is 0. The van der Waals surface area contributed by atoms with Gasteiger partial charge in [0.2, 0.25) is 0 Å². The predicted molar refractivity (Wildman–Crippen MR) is 247 cm³/mol. The van der Waals surface area contributed by atoms with Crippen molar-refractivity contribution < 1.29 is 9.47 Å². The molecule has 280 valence electrons. The molecule has 0 spiro atoms. The fraction of sp³-hybridized carbons (Fsp3) is 0.0370. The molecule has 5 heterocycles. The number of benzene rings is 8. The first-order chi connectivity index (χ1) is 29.8. The molecular formula is C54H34BN3O2. The van der Waals surface area contributed by atoms with Crippen molar-refractivity contribution in [3.63, 3.8) is 0 Å². The van der Waals surface area contributed by atoms with Crippen molar-refractivity contribution in [2.75, 3.05) is 0 Å². The molecule has 0 saturated carbocycles. The van der Waals surface area contributed by atoms with E-state index in [2.05, 4.69) is 196 Å². The maximum Gasteiger partial charge on any atom is 0.260 e. The number of para-hydroxylation sites is 6. The monoisotopic (exact) mass is 767 g/mol. The number of hydrogen-bond acceptors (Lipinski definition) is 2. The van der Waals surface area contributed by atoms with Crippen molar-refractivity contribution in [3.05, 3.63) is 187 Å². The number of fused-ring (bicyclic) bond motifs is 16. The van der Waals surface area contributed by atoms with Crippen LogP contribution in [0.1, 0.15) is 17.7 Å². The molecule has 0 bridgehead atoms. The summed E-state index contributed by atoms with van der Waals surface area (Å²) in [5, 5.41) is 6.17. The van der Waals surface area contributed by atoms with E-state index in [9.17, 15) is 0 Å². The lowest BCUT2D eigenvalue weighted by Crippen LogP contribution is -2.57. The standard InChI is InChI=1S/C54H34BN3O2/c1-3-17-33(18-4-1)56-41-26-12-7-21-36(41)48-52-49(37-22-8-13-27-42(37)57(52)34-19-5-2-6-20-34)54-50(53(48)56)38-23-9-14-28-43(38)58(54)35-31-46-51-47(32-35)60-45-30-16-11-25-40(45)55(51)39-24-10-15-29-44(39)59-46/h1-12,14-26,28-32H,13,27H2. The molecule has 3 aromatic heterocycles. The van der Waals surface area contributed by atoms with Gasteiger partial charge in [0.15, 0.2) is 0 Å². The van der Waals surface area contributed by atoms with E-state index in [1.54, 1.807) is 0 Å². The molecule has 2 aliphatic heterocycles. The molecule has 0 atom stereocenters. The fourth-order valence-electron chi connectivity index (χ4n) is 10.9. The summed E-state index contributed by atoms with van der Waals surface area (Å²) in [5.41, 5.74) is 15.2. The van der Waals surface area contributed by atoms with Gasteiger partial charge in [0.05, 0.1) is 33.3 Å². The fourth-order valence-corrected chi connectivity index (χ4v) is 10.9. The van der Waals surface area contributed by atoms with Gasteiger partial charge in [-0.3, -0.25) is 0 Å². The summed E-state index contributed by atoms with van der Waals surface area (Å²) < 4.78 is 21.4. The largest absolute Gasteiger partial charge is 0.458 e. The molecule has 11 aromatic rings. The van der Waals surface area contributed by atoms with Gasteiger partial charge < -0.3 is 23.2 Å². The number of allylic oxidation sites excluding steroid dienone is 1. The Kier molecular flexibility index (Phi) is 6.42. The second-order valence-electron chi connectivity index (χ2n) is 16.3. The predicted octanol–water partition coefficient (Wildman–Crippen LogP) is 11.5. The average Bonchev–Trinajstić information content (AvgIpc) is 3.95. The summed E-state index contributed by atoms with van der Waals surface area (Å²) in [6, 6.07) is 61.1. The number of nitrogens with zero attached hydrogens (tertiary/aromatic N) is 3. The zero-order chi connectivity index (χ0) is 39.1. The van der Waals surface area contributed by atoms with Gasteiger partial charge in [0, 0.05) is 67.2 Å². The van der Waals surface area contributed by atoms with Gasteiger partial charge in [-0.05, 0) is 72.3 Å². The van der Waals surface area contributed by atoms with E-state index in [0.717, 1.165) is 69.1 Å². The zero-order valence-corrected chi connectivity index (χ0v) is 32.5. The van der Waals surface area contributed by atoms with Crippen molar-refractivity contribution in [2.45, 2.75) is 12.8 Å². The van der Waals surface area contributed by atoms with Crippen LogP contribution in [-0.4, -0.2) is 20.4 Å². The molecular weight excluding hydrogens is 733 g/mol. The number of aromatic nitrogens is 3. The van der Waals surface area contributed by atoms with Crippen LogP contribution in [0.25, 0.3) is 77.7 Å². The lowest BCUT2D eigenvalue weighted by Gasteiger charge is -2.33. The van der Waals surface area contributed by atoms with Gasteiger partial charge in [-0.1, -0.05) is 121 Å². The topological polar surface area (TPSA) is 33.2 Å². The van der Waals surface area contributed by atoms with Crippen molar-refractivity contribution in [1.29, 1.82) is 0 Å². The SMILES string of the molecule is C1=Cc2c(n(-c3ccccc3)c3c2c2c(c4ccccc4n2-c2cc4c5c(c2)Oc2ccccc2B5c2ccccc2O4)c2c3c3ccccc3n2-c2ccccc2)CC1. The van der Waals surface area contributed by atoms with Gasteiger partial charge in [-0.25, -0.2) is 0 Å². The highest BCUT2D eigenvalue weighted by atomic mass is 16.5. The smallest absolute Gasteiger partial charge is 0.260 e. The van der Waals surface area contributed by atoms with Gasteiger partial charge in [-0.2, -0.15) is 0 Å². The first kappa shape index (κ1) is 32.3. The van der Waals surface area contributed by atoms with Crippen LogP contribution < -0.4 is 25.9 Å². The maximum atomic E-state index is 6.92. The Labute approximate surface area is 345 Å². The lowest BCUT2D eigenvalue weighted by molar-refractivity contribution is 0.464. The van der Waals surface area contributed by atoms with E-state index >= 15 is 0 Å². The van der Waals surface area contributed by atoms with Gasteiger partial charge in [0.25, 0.3) is 6.71 Å². The van der Waals surface area contributed by atoms with E-state index in [1.165, 1.54) is 65.9 Å². The highest BCUT2D eigenvalue weighted by molar-refractivity contribution is 6.98. The van der Waals surface area contributed by atoms with E-state index in [1.807, 2.05) is 0 Å². The Hall–Kier alpha value is -7.70. The third-order valence-corrected chi connectivity index (χ3v) is 13.2. The van der Waals surface area contributed by atoms with Crippen LogP contribution in [0.2, 0.25) is 0 Å². The molecule has 0 unspecified atom stereocenters. The molecule has 3 aliphatic rings. The van der Waals surface area contributed by atoms with Crippen LogP contribution in [0.15, 0.2) is 176 Å². The molecule has 60 heavy (non-hydrogen) atoms. The van der Waals surface area contributed by atoms with E-state index in [-0.39, 0.29) is 6.71 Å². The Morgan fingerprint density at radius 1 is 0.433 bits per heavy atom. The lowest BCUT2D eigenvalue weighted by atomic mass is 9.35. The first-order valence-electron chi connectivity index (χ1n) is 20.9. The highest BCUT2D eigenvalue weighted by Gasteiger charge is 2.41. The summed E-state index contributed by atoms with van der Waals surface area (Å²) in [4.78, 5) is 0. The van der Waals surface area contributed by atoms with Crippen LogP contribution >= 0.6 is 0 Å². The van der Waals surface area contributed by atoms with Crippen molar-refractivity contribution in [1.82, 2.24) is 13.7 Å². The Bertz CT molecular complexity index is 3600. The molecule has 5 nitrogen and oxygen atoms in total. The molecule has 8 aromatic carbocycles. The molecule has 0 radical (unpaired) electrons.